The molecule has 1 atom stereocenters. The number of nitrogens with one attached hydrogen (secondary N) is 2. The van der Waals surface area contributed by atoms with Crippen molar-refractivity contribution in [2.45, 2.75) is 37.6 Å². The molecule has 29 heavy (non-hydrogen) atoms. The first-order valence-corrected chi connectivity index (χ1v) is 10.6. The third-order valence-corrected chi connectivity index (χ3v) is 5.44. The normalized spacial score (nSPS) is 12.2. The summed E-state index contributed by atoms with van der Waals surface area (Å²) in [6.07, 6.45) is 0.874. The second-order valence-corrected chi connectivity index (χ2v) is 7.96. The van der Waals surface area contributed by atoms with Crippen LogP contribution in [-0.4, -0.2) is 32.9 Å². The number of benzene rings is 2. The van der Waals surface area contributed by atoms with Gasteiger partial charge in [-0.3, -0.25) is 4.79 Å². The molecule has 0 fully saturated rings. The second kappa shape index (κ2) is 10.1. The van der Waals surface area contributed by atoms with Gasteiger partial charge < -0.3 is 10.1 Å². The minimum absolute atomic E-state index is 0.147. The fraction of sp³-hybridized carbons (Fsp3) is 0.300. The van der Waals surface area contributed by atoms with Gasteiger partial charge >= 0.3 is 5.97 Å². The van der Waals surface area contributed by atoms with Gasteiger partial charge in [0.25, 0.3) is 0 Å². The van der Waals surface area contributed by atoms with E-state index in [-0.39, 0.29) is 16.9 Å². The van der Waals surface area contributed by atoms with E-state index in [0.29, 0.717) is 18.7 Å². The summed E-state index contributed by atoms with van der Waals surface area (Å²) in [5.41, 5.74) is 0.608. The smallest absolute Gasteiger partial charge is 0.338 e. The zero-order valence-corrected chi connectivity index (χ0v) is 17.0. The molecule has 1 unspecified atom stereocenters. The van der Waals surface area contributed by atoms with Gasteiger partial charge in [-0.25, -0.2) is 17.6 Å². The summed E-state index contributed by atoms with van der Waals surface area (Å²) in [5.74, 6) is -1.66. The molecule has 2 rings (SSSR count). The number of carbonyl (C=O) groups is 2. The van der Waals surface area contributed by atoms with E-state index in [2.05, 4.69) is 10.0 Å². The zero-order chi connectivity index (χ0) is 21.4. The van der Waals surface area contributed by atoms with Crippen molar-refractivity contribution in [1.82, 2.24) is 4.72 Å². The third-order valence-electron chi connectivity index (χ3n) is 3.95. The predicted molar refractivity (Wildman–Crippen MR) is 106 cm³/mol. The summed E-state index contributed by atoms with van der Waals surface area (Å²) in [6, 6.07) is 9.41. The van der Waals surface area contributed by atoms with E-state index < -0.39 is 33.8 Å². The lowest BCUT2D eigenvalue weighted by molar-refractivity contribution is -0.117. The Labute approximate surface area is 169 Å². The molecule has 0 saturated heterocycles. The summed E-state index contributed by atoms with van der Waals surface area (Å²) in [5, 5.41) is 2.59. The highest BCUT2D eigenvalue weighted by Gasteiger charge is 2.24. The van der Waals surface area contributed by atoms with Gasteiger partial charge in [0.2, 0.25) is 15.9 Å². The Morgan fingerprint density at radius 2 is 1.79 bits per heavy atom. The molecule has 1 amide bonds. The predicted octanol–water partition coefficient (Wildman–Crippen LogP) is 3.09. The van der Waals surface area contributed by atoms with Gasteiger partial charge in [0.1, 0.15) is 11.9 Å². The average Bonchev–Trinajstić information content (AvgIpc) is 2.70. The second-order valence-electron chi connectivity index (χ2n) is 6.24. The number of ether oxygens (including phenoxy) is 1. The number of esters is 1. The van der Waals surface area contributed by atoms with E-state index in [1.54, 1.807) is 25.1 Å². The molecule has 0 aliphatic rings. The number of anilines is 1. The number of hydrogen-bond acceptors (Lipinski definition) is 5. The molecule has 9 heteroatoms. The van der Waals surface area contributed by atoms with Crippen LogP contribution in [0.5, 0.6) is 0 Å². The Morgan fingerprint density at radius 1 is 1.10 bits per heavy atom. The summed E-state index contributed by atoms with van der Waals surface area (Å²) < 4.78 is 45.3. The van der Waals surface area contributed by atoms with Crippen molar-refractivity contribution in [2.24, 2.45) is 0 Å². The maximum Gasteiger partial charge on any atom is 0.338 e. The van der Waals surface area contributed by atoms with Crippen molar-refractivity contribution in [3.63, 3.8) is 0 Å². The number of carbonyl (C=O) groups excluding carboxylic acids is 2. The number of amides is 1. The molecule has 0 heterocycles. The highest BCUT2D eigenvalue weighted by molar-refractivity contribution is 7.89. The van der Waals surface area contributed by atoms with Gasteiger partial charge in [0, 0.05) is 5.69 Å². The molecule has 0 radical (unpaired) electrons. The van der Waals surface area contributed by atoms with Crippen LogP contribution in [0.2, 0.25) is 0 Å². The summed E-state index contributed by atoms with van der Waals surface area (Å²) in [4.78, 5) is 24.3. The van der Waals surface area contributed by atoms with E-state index in [9.17, 15) is 22.4 Å². The van der Waals surface area contributed by atoms with Crippen LogP contribution in [0.1, 0.15) is 37.0 Å². The molecule has 2 N–H and O–H groups in total. The third kappa shape index (κ3) is 6.37. The molecular weight excluding hydrogens is 399 g/mol. The van der Waals surface area contributed by atoms with Crippen LogP contribution in [0.3, 0.4) is 0 Å². The van der Waals surface area contributed by atoms with Crippen LogP contribution in [0, 0.1) is 5.82 Å². The maximum absolute atomic E-state index is 13.0. The van der Waals surface area contributed by atoms with Gasteiger partial charge in [-0.05, 0) is 55.3 Å². The zero-order valence-electron chi connectivity index (χ0n) is 16.1. The lowest BCUT2D eigenvalue weighted by atomic mass is 10.2. The number of hydrogen-bond donors (Lipinski definition) is 2. The molecule has 7 nitrogen and oxygen atoms in total. The minimum Gasteiger partial charge on any atom is -0.462 e. The highest BCUT2D eigenvalue weighted by Crippen LogP contribution is 2.15. The Kier molecular flexibility index (Phi) is 7.86. The number of halogens is 1. The molecular formula is C20H23FN2O5S. The summed E-state index contributed by atoms with van der Waals surface area (Å²) >= 11 is 0. The van der Waals surface area contributed by atoms with Crippen molar-refractivity contribution in [1.29, 1.82) is 0 Å². The first-order chi connectivity index (χ1) is 13.8. The highest BCUT2D eigenvalue weighted by atomic mass is 32.2. The monoisotopic (exact) mass is 422 g/mol. The maximum atomic E-state index is 13.0. The quantitative estimate of drug-likeness (QED) is 0.605. The lowest BCUT2D eigenvalue weighted by Gasteiger charge is -2.17. The SMILES string of the molecule is CCCOC(=O)c1cccc(NC(=O)C(CC)NS(=O)(=O)c2ccc(F)cc2)c1. The van der Waals surface area contributed by atoms with E-state index >= 15 is 0 Å². The van der Waals surface area contributed by atoms with Crippen molar-refractivity contribution in [2.75, 3.05) is 11.9 Å². The Balaban J connectivity index is 2.10. The van der Waals surface area contributed by atoms with Crippen molar-refractivity contribution >= 4 is 27.6 Å². The summed E-state index contributed by atoms with van der Waals surface area (Å²) in [6.45, 7) is 3.82. The molecule has 0 aromatic heterocycles. The molecule has 0 saturated carbocycles. The Hall–Kier alpha value is -2.78. The molecule has 2 aromatic carbocycles. The van der Waals surface area contributed by atoms with Crippen molar-refractivity contribution in [3.05, 3.63) is 59.9 Å². The lowest BCUT2D eigenvalue weighted by Crippen LogP contribution is -2.43. The van der Waals surface area contributed by atoms with Crippen molar-refractivity contribution < 1.29 is 27.1 Å². The first-order valence-electron chi connectivity index (χ1n) is 9.12. The molecule has 2 aromatic rings. The number of sulfonamides is 1. The van der Waals surface area contributed by atoms with Crippen LogP contribution in [0.25, 0.3) is 0 Å². The molecule has 0 aliphatic heterocycles. The average molecular weight is 422 g/mol. The van der Waals surface area contributed by atoms with Crippen LogP contribution in [0.15, 0.2) is 53.4 Å². The van der Waals surface area contributed by atoms with Crippen molar-refractivity contribution in [3.8, 4) is 0 Å². The minimum atomic E-state index is -4.01. The molecule has 0 bridgehead atoms. The Morgan fingerprint density at radius 3 is 2.41 bits per heavy atom. The van der Waals surface area contributed by atoms with Gasteiger partial charge in [-0.1, -0.05) is 19.9 Å². The topological polar surface area (TPSA) is 102 Å². The first kappa shape index (κ1) is 22.5. The van der Waals surface area contributed by atoms with Crippen LogP contribution in [-0.2, 0) is 19.6 Å². The molecule has 0 aliphatic carbocycles. The van der Waals surface area contributed by atoms with Gasteiger partial charge in [0.05, 0.1) is 17.1 Å². The van der Waals surface area contributed by atoms with E-state index in [1.165, 1.54) is 6.07 Å². The van der Waals surface area contributed by atoms with Crippen LogP contribution >= 0.6 is 0 Å². The molecule has 0 spiro atoms. The standard InChI is InChI=1S/C20H23FN2O5S/c1-3-12-28-20(25)14-6-5-7-16(13-14)22-19(24)18(4-2)23-29(26,27)17-10-8-15(21)9-11-17/h5-11,13,18,23H,3-4,12H2,1-2H3,(H,22,24). The van der Waals surface area contributed by atoms with Crippen LogP contribution < -0.4 is 10.0 Å². The summed E-state index contributed by atoms with van der Waals surface area (Å²) in [7, 11) is -4.01. The largest absolute Gasteiger partial charge is 0.462 e. The van der Waals surface area contributed by atoms with E-state index in [4.69, 9.17) is 4.74 Å². The van der Waals surface area contributed by atoms with Gasteiger partial charge in [-0.15, -0.1) is 0 Å². The Bertz CT molecular complexity index is 961. The van der Waals surface area contributed by atoms with E-state index in [1.807, 2.05) is 6.92 Å². The fourth-order valence-electron chi connectivity index (χ4n) is 2.42. The molecule has 156 valence electrons. The van der Waals surface area contributed by atoms with Crippen LogP contribution in [0.4, 0.5) is 10.1 Å². The fourth-order valence-corrected chi connectivity index (χ4v) is 3.70. The number of rotatable bonds is 9. The van der Waals surface area contributed by atoms with E-state index in [0.717, 1.165) is 24.3 Å². The van der Waals surface area contributed by atoms with Gasteiger partial charge in [-0.2, -0.15) is 4.72 Å². The van der Waals surface area contributed by atoms with Gasteiger partial charge in [0.15, 0.2) is 0 Å².